The van der Waals surface area contributed by atoms with Gasteiger partial charge in [0, 0.05) is 6.42 Å². The SMILES string of the molecule is NCC(=O)NCC(=O)N[C@@H](Cc1ccccc1)C(=O)NCC(=O)NCOCC1(C(=O)O)CC1. The lowest BCUT2D eigenvalue weighted by molar-refractivity contribution is -0.146. The van der Waals surface area contributed by atoms with Crippen LogP contribution in [0.2, 0.25) is 0 Å². The number of benzene rings is 1. The molecule has 1 aliphatic carbocycles. The van der Waals surface area contributed by atoms with Gasteiger partial charge >= 0.3 is 5.97 Å². The molecule has 7 N–H and O–H groups in total. The first kappa shape index (κ1) is 25.7. The van der Waals surface area contributed by atoms with E-state index in [-0.39, 0.29) is 39.4 Å². The minimum atomic E-state index is -0.982. The number of aliphatic carboxylic acids is 1. The van der Waals surface area contributed by atoms with Crippen molar-refractivity contribution in [1.29, 1.82) is 0 Å². The average molecular weight is 463 g/mol. The summed E-state index contributed by atoms with van der Waals surface area (Å²) < 4.78 is 5.21. The van der Waals surface area contributed by atoms with E-state index >= 15 is 0 Å². The third-order valence-electron chi connectivity index (χ3n) is 5.05. The summed E-state index contributed by atoms with van der Waals surface area (Å²) >= 11 is 0. The third-order valence-corrected chi connectivity index (χ3v) is 5.05. The first-order valence-corrected chi connectivity index (χ1v) is 10.4. The van der Waals surface area contributed by atoms with Gasteiger partial charge in [-0.25, -0.2) is 0 Å². The van der Waals surface area contributed by atoms with Gasteiger partial charge in [0.1, 0.15) is 12.8 Å². The van der Waals surface area contributed by atoms with Crippen molar-refractivity contribution in [2.24, 2.45) is 11.1 Å². The smallest absolute Gasteiger partial charge is 0.311 e. The highest BCUT2D eigenvalue weighted by Crippen LogP contribution is 2.45. The van der Waals surface area contributed by atoms with E-state index in [1.165, 1.54) is 0 Å². The van der Waals surface area contributed by atoms with Crippen LogP contribution in [0.1, 0.15) is 18.4 Å². The fourth-order valence-corrected chi connectivity index (χ4v) is 2.86. The summed E-state index contributed by atoms with van der Waals surface area (Å²) in [5.74, 6) is -3.14. The van der Waals surface area contributed by atoms with Gasteiger partial charge in [-0.15, -0.1) is 0 Å². The Hall–Kier alpha value is -3.51. The molecule has 1 fully saturated rings. The van der Waals surface area contributed by atoms with Crippen LogP contribution in [0.5, 0.6) is 0 Å². The normalized spacial score (nSPS) is 14.5. The van der Waals surface area contributed by atoms with Crippen molar-refractivity contribution in [1.82, 2.24) is 21.3 Å². The van der Waals surface area contributed by atoms with Crippen LogP contribution in [0.4, 0.5) is 0 Å². The molecule has 0 heterocycles. The number of carbonyl (C=O) groups is 5. The lowest BCUT2D eigenvalue weighted by Gasteiger charge is -2.19. The Balaban J connectivity index is 1.80. The second-order valence-corrected chi connectivity index (χ2v) is 7.69. The zero-order chi connectivity index (χ0) is 24.3. The van der Waals surface area contributed by atoms with Crippen LogP contribution < -0.4 is 27.0 Å². The first-order chi connectivity index (χ1) is 15.8. The summed E-state index contributed by atoms with van der Waals surface area (Å²) in [6.07, 6.45) is 1.25. The Morgan fingerprint density at radius 2 is 1.64 bits per heavy atom. The Morgan fingerprint density at radius 3 is 2.24 bits per heavy atom. The minimum Gasteiger partial charge on any atom is -0.481 e. The molecule has 1 saturated carbocycles. The molecule has 1 atom stereocenters. The van der Waals surface area contributed by atoms with Crippen molar-refractivity contribution in [2.45, 2.75) is 25.3 Å². The molecule has 180 valence electrons. The number of carboxylic acids is 1. The summed E-state index contributed by atoms with van der Waals surface area (Å²) in [5, 5.41) is 18.8. The predicted molar refractivity (Wildman–Crippen MR) is 115 cm³/mol. The molecule has 0 spiro atoms. The summed E-state index contributed by atoms with van der Waals surface area (Å²) in [4.78, 5) is 59.0. The van der Waals surface area contributed by atoms with E-state index in [0.29, 0.717) is 12.8 Å². The number of amides is 4. The van der Waals surface area contributed by atoms with E-state index < -0.39 is 41.1 Å². The fourth-order valence-electron chi connectivity index (χ4n) is 2.86. The molecule has 4 amide bonds. The van der Waals surface area contributed by atoms with Crippen molar-refractivity contribution in [3.05, 3.63) is 35.9 Å². The molecule has 33 heavy (non-hydrogen) atoms. The Bertz CT molecular complexity index is 858. The highest BCUT2D eigenvalue weighted by Gasteiger charge is 2.50. The highest BCUT2D eigenvalue weighted by atomic mass is 16.5. The molecule has 12 nitrogen and oxygen atoms in total. The Kier molecular flexibility index (Phi) is 9.76. The average Bonchev–Trinajstić information content (AvgIpc) is 3.60. The fraction of sp³-hybridized carbons (Fsp3) is 0.476. The number of carboxylic acid groups (broad SMARTS) is 1. The van der Waals surface area contributed by atoms with Gasteiger partial charge in [-0.2, -0.15) is 0 Å². The van der Waals surface area contributed by atoms with Crippen molar-refractivity contribution in [3.8, 4) is 0 Å². The van der Waals surface area contributed by atoms with E-state index in [2.05, 4.69) is 21.3 Å². The van der Waals surface area contributed by atoms with Gasteiger partial charge in [0.25, 0.3) is 0 Å². The first-order valence-electron chi connectivity index (χ1n) is 10.4. The van der Waals surface area contributed by atoms with E-state index in [1.54, 1.807) is 24.3 Å². The summed E-state index contributed by atoms with van der Waals surface area (Å²) in [7, 11) is 0. The van der Waals surface area contributed by atoms with Gasteiger partial charge in [-0.1, -0.05) is 30.3 Å². The second-order valence-electron chi connectivity index (χ2n) is 7.69. The van der Waals surface area contributed by atoms with Crippen LogP contribution >= 0.6 is 0 Å². The summed E-state index contributed by atoms with van der Waals surface area (Å²) in [5.41, 5.74) is 5.11. The molecule has 0 radical (unpaired) electrons. The van der Waals surface area contributed by atoms with Gasteiger partial charge in [0.15, 0.2) is 0 Å². The van der Waals surface area contributed by atoms with E-state index in [4.69, 9.17) is 15.6 Å². The van der Waals surface area contributed by atoms with Crippen molar-refractivity contribution < 1.29 is 33.8 Å². The van der Waals surface area contributed by atoms with Crippen LogP contribution in [0.25, 0.3) is 0 Å². The molecular weight excluding hydrogens is 434 g/mol. The largest absolute Gasteiger partial charge is 0.481 e. The van der Waals surface area contributed by atoms with E-state index in [9.17, 15) is 24.0 Å². The molecule has 2 rings (SSSR count). The maximum absolute atomic E-state index is 12.6. The molecule has 0 bridgehead atoms. The number of hydrogen-bond acceptors (Lipinski definition) is 7. The number of nitrogens with two attached hydrogens (primary N) is 1. The Morgan fingerprint density at radius 1 is 0.970 bits per heavy atom. The van der Waals surface area contributed by atoms with Gasteiger partial charge in [-0.3, -0.25) is 24.0 Å². The number of ether oxygens (including phenoxy) is 1. The van der Waals surface area contributed by atoms with Crippen LogP contribution in [0.3, 0.4) is 0 Å². The van der Waals surface area contributed by atoms with Crippen molar-refractivity contribution in [3.63, 3.8) is 0 Å². The number of nitrogens with one attached hydrogen (secondary N) is 4. The summed E-state index contributed by atoms with van der Waals surface area (Å²) in [6.45, 7) is -1.16. The van der Waals surface area contributed by atoms with E-state index in [0.717, 1.165) is 5.56 Å². The molecule has 0 aliphatic heterocycles. The van der Waals surface area contributed by atoms with Crippen molar-refractivity contribution in [2.75, 3.05) is 33.0 Å². The molecule has 1 aromatic rings. The molecule has 0 aromatic heterocycles. The predicted octanol–water partition coefficient (Wildman–Crippen LogP) is -2.14. The Labute approximate surface area is 190 Å². The zero-order valence-corrected chi connectivity index (χ0v) is 18.1. The maximum Gasteiger partial charge on any atom is 0.311 e. The molecule has 1 aliphatic rings. The molecular formula is C21H29N5O7. The second kappa shape index (κ2) is 12.5. The van der Waals surface area contributed by atoms with Gasteiger partial charge < -0.3 is 36.8 Å². The third kappa shape index (κ3) is 8.86. The highest BCUT2D eigenvalue weighted by molar-refractivity contribution is 5.92. The lowest BCUT2D eigenvalue weighted by Crippen LogP contribution is -2.52. The van der Waals surface area contributed by atoms with Crippen LogP contribution in [-0.2, 0) is 35.1 Å². The quantitative estimate of drug-likeness (QED) is 0.133. The minimum absolute atomic E-state index is 0.000842. The monoisotopic (exact) mass is 463 g/mol. The molecule has 12 heteroatoms. The maximum atomic E-state index is 12.6. The molecule has 0 saturated heterocycles. The van der Waals surface area contributed by atoms with Gasteiger partial charge in [0.05, 0.1) is 31.7 Å². The number of rotatable bonds is 14. The molecule has 0 unspecified atom stereocenters. The van der Waals surface area contributed by atoms with Crippen LogP contribution in [-0.4, -0.2) is 73.7 Å². The standard InChI is InChI=1S/C21H29N5O7/c22-9-16(27)23-11-18(29)26-15(8-14-4-2-1-3-5-14)19(30)24-10-17(28)25-13-33-12-21(6-7-21)20(31)32/h1-5,15H,6-13,22H2,(H,23,27)(H,24,30)(H,25,28)(H,26,29)(H,31,32)/t15-/m0/s1. The topological polar surface area (TPSA) is 189 Å². The van der Waals surface area contributed by atoms with Crippen LogP contribution in [0, 0.1) is 5.41 Å². The summed E-state index contributed by atoms with van der Waals surface area (Å²) in [6, 6.07) is 7.98. The molecule has 1 aromatic carbocycles. The lowest BCUT2D eigenvalue weighted by atomic mass is 10.1. The number of hydrogen-bond donors (Lipinski definition) is 6. The van der Waals surface area contributed by atoms with Gasteiger partial charge in [-0.05, 0) is 18.4 Å². The zero-order valence-electron chi connectivity index (χ0n) is 18.1. The van der Waals surface area contributed by atoms with E-state index in [1.807, 2.05) is 6.07 Å². The van der Waals surface area contributed by atoms with Gasteiger partial charge in [0.2, 0.25) is 23.6 Å². The van der Waals surface area contributed by atoms with Crippen molar-refractivity contribution >= 4 is 29.6 Å². The van der Waals surface area contributed by atoms with Crippen LogP contribution in [0.15, 0.2) is 30.3 Å². The number of carbonyl (C=O) groups excluding carboxylic acids is 4.